The standard InChI is InChI=1S/C31H39N3O7S/c1-33(42(5,37)38)22-30(35)34(21-25-11-14-26(39-2)15-12-25)27(19-23-9-7-6-8-10-23)31(36)32-18-17-24-13-16-28(40-3)29(20-24)41-4/h6-16,20,27H,17-19,21-22H2,1-5H3,(H,32,36)/t27-/m0/s1. The summed E-state index contributed by atoms with van der Waals surface area (Å²) in [5.41, 5.74) is 2.57. The molecule has 1 N–H and O–H groups in total. The number of carbonyl (C=O) groups excluding carboxylic acids is 2. The number of nitrogens with one attached hydrogen (secondary N) is 1. The minimum Gasteiger partial charge on any atom is -0.497 e. The predicted octanol–water partition coefficient (Wildman–Crippen LogP) is 2.90. The van der Waals surface area contributed by atoms with Crippen molar-refractivity contribution in [1.82, 2.24) is 14.5 Å². The van der Waals surface area contributed by atoms with Crippen LogP contribution in [0.5, 0.6) is 17.2 Å². The van der Waals surface area contributed by atoms with Crippen LogP contribution in [0.15, 0.2) is 72.8 Å². The lowest BCUT2D eigenvalue weighted by atomic mass is 10.0. The SMILES string of the molecule is COc1ccc(CN(C(=O)CN(C)S(C)(=O)=O)[C@@H](Cc2ccccc2)C(=O)NCCc2ccc(OC)c(OC)c2)cc1. The van der Waals surface area contributed by atoms with E-state index < -0.39 is 28.5 Å². The van der Waals surface area contributed by atoms with E-state index in [0.29, 0.717) is 30.2 Å². The van der Waals surface area contributed by atoms with Gasteiger partial charge in [-0.05, 0) is 47.4 Å². The number of amides is 2. The maximum Gasteiger partial charge on any atom is 0.243 e. The van der Waals surface area contributed by atoms with Crippen LogP contribution in [-0.4, -0.2) is 83.2 Å². The van der Waals surface area contributed by atoms with Gasteiger partial charge in [-0.1, -0.05) is 48.5 Å². The highest BCUT2D eigenvalue weighted by atomic mass is 32.2. The Hall–Kier alpha value is -4.09. The number of methoxy groups -OCH3 is 3. The molecule has 0 aliphatic rings. The molecule has 0 aromatic heterocycles. The summed E-state index contributed by atoms with van der Waals surface area (Å²) < 4.78 is 41.2. The summed E-state index contributed by atoms with van der Waals surface area (Å²) >= 11 is 0. The molecule has 0 saturated carbocycles. The Morgan fingerprint density at radius 1 is 0.833 bits per heavy atom. The number of likely N-dealkylation sites (N-methyl/N-ethyl adjacent to an activating group) is 1. The topological polar surface area (TPSA) is 114 Å². The van der Waals surface area contributed by atoms with E-state index in [0.717, 1.165) is 27.3 Å². The van der Waals surface area contributed by atoms with Crippen LogP contribution < -0.4 is 19.5 Å². The van der Waals surface area contributed by atoms with E-state index in [1.54, 1.807) is 33.5 Å². The van der Waals surface area contributed by atoms with E-state index in [1.165, 1.54) is 11.9 Å². The summed E-state index contributed by atoms with van der Waals surface area (Å²) in [5.74, 6) is 1.02. The van der Waals surface area contributed by atoms with Gasteiger partial charge in [-0.3, -0.25) is 9.59 Å². The van der Waals surface area contributed by atoms with Crippen LogP contribution in [0, 0.1) is 0 Å². The lowest BCUT2D eigenvalue weighted by molar-refractivity contribution is -0.141. The summed E-state index contributed by atoms with van der Waals surface area (Å²) in [6.07, 6.45) is 1.80. The molecule has 3 aromatic rings. The number of benzene rings is 3. The third-order valence-corrected chi connectivity index (χ3v) is 8.13. The maximum atomic E-state index is 13.8. The van der Waals surface area contributed by atoms with Crippen LogP contribution in [0.1, 0.15) is 16.7 Å². The molecule has 1 atom stereocenters. The molecule has 2 amide bonds. The summed E-state index contributed by atoms with van der Waals surface area (Å²) in [5, 5.41) is 2.98. The van der Waals surface area contributed by atoms with E-state index in [2.05, 4.69) is 5.32 Å². The Bertz CT molecular complexity index is 1430. The quantitative estimate of drug-likeness (QED) is 0.287. The lowest BCUT2D eigenvalue weighted by Gasteiger charge is -2.32. The van der Waals surface area contributed by atoms with Crippen molar-refractivity contribution in [1.29, 1.82) is 0 Å². The van der Waals surface area contributed by atoms with Crippen molar-refractivity contribution in [3.8, 4) is 17.2 Å². The van der Waals surface area contributed by atoms with Crippen molar-refractivity contribution < 1.29 is 32.2 Å². The summed E-state index contributed by atoms with van der Waals surface area (Å²) in [7, 11) is 2.41. The zero-order valence-corrected chi connectivity index (χ0v) is 25.5. The second-order valence-electron chi connectivity index (χ2n) is 9.82. The van der Waals surface area contributed by atoms with E-state index in [9.17, 15) is 18.0 Å². The third-order valence-electron chi connectivity index (χ3n) is 6.87. The largest absolute Gasteiger partial charge is 0.497 e. The zero-order chi connectivity index (χ0) is 30.7. The summed E-state index contributed by atoms with van der Waals surface area (Å²) in [6, 6.07) is 21.2. The molecular weight excluding hydrogens is 558 g/mol. The third kappa shape index (κ3) is 9.22. The number of ether oxygens (including phenoxy) is 3. The van der Waals surface area contributed by atoms with E-state index in [1.807, 2.05) is 60.7 Å². The van der Waals surface area contributed by atoms with Gasteiger partial charge in [0.1, 0.15) is 11.8 Å². The monoisotopic (exact) mass is 597 g/mol. The lowest BCUT2D eigenvalue weighted by Crippen LogP contribution is -2.53. The molecule has 0 aliphatic carbocycles. The Morgan fingerprint density at radius 2 is 1.48 bits per heavy atom. The van der Waals surface area contributed by atoms with Crippen molar-refractivity contribution in [2.24, 2.45) is 0 Å². The number of hydrogen-bond donors (Lipinski definition) is 1. The van der Waals surface area contributed by atoms with Gasteiger partial charge >= 0.3 is 0 Å². The fraction of sp³-hybridized carbons (Fsp3) is 0.355. The molecule has 10 nitrogen and oxygen atoms in total. The van der Waals surface area contributed by atoms with Gasteiger partial charge in [0.05, 0.1) is 34.1 Å². The second-order valence-corrected chi connectivity index (χ2v) is 11.9. The zero-order valence-electron chi connectivity index (χ0n) is 24.7. The predicted molar refractivity (Wildman–Crippen MR) is 161 cm³/mol. The van der Waals surface area contributed by atoms with E-state index in [-0.39, 0.29) is 18.9 Å². The van der Waals surface area contributed by atoms with Crippen LogP contribution in [0.2, 0.25) is 0 Å². The first-order valence-electron chi connectivity index (χ1n) is 13.4. The van der Waals surface area contributed by atoms with Crippen molar-refractivity contribution in [3.63, 3.8) is 0 Å². The highest BCUT2D eigenvalue weighted by Crippen LogP contribution is 2.27. The number of carbonyl (C=O) groups is 2. The van der Waals surface area contributed by atoms with Crippen molar-refractivity contribution >= 4 is 21.8 Å². The minimum atomic E-state index is -3.62. The average Bonchev–Trinajstić information content (AvgIpc) is 2.98. The molecule has 0 spiro atoms. The van der Waals surface area contributed by atoms with Gasteiger partial charge in [0.2, 0.25) is 21.8 Å². The van der Waals surface area contributed by atoms with Crippen molar-refractivity contribution in [3.05, 3.63) is 89.5 Å². The van der Waals surface area contributed by atoms with Gasteiger partial charge in [-0.2, -0.15) is 4.31 Å². The fourth-order valence-electron chi connectivity index (χ4n) is 4.36. The Labute approximate surface area is 248 Å². The number of hydrogen-bond acceptors (Lipinski definition) is 7. The Morgan fingerprint density at radius 3 is 2.07 bits per heavy atom. The molecule has 3 aromatic carbocycles. The van der Waals surface area contributed by atoms with Gasteiger partial charge in [-0.15, -0.1) is 0 Å². The second kappa shape index (κ2) is 15.2. The van der Waals surface area contributed by atoms with E-state index >= 15 is 0 Å². The van der Waals surface area contributed by atoms with Gasteiger partial charge < -0.3 is 24.4 Å². The number of rotatable bonds is 15. The van der Waals surface area contributed by atoms with Crippen LogP contribution in [0.25, 0.3) is 0 Å². The molecule has 3 rings (SSSR count). The fourth-order valence-corrected chi connectivity index (χ4v) is 4.71. The average molecular weight is 598 g/mol. The van der Waals surface area contributed by atoms with Crippen molar-refractivity contribution in [2.75, 3.05) is 47.7 Å². The highest BCUT2D eigenvalue weighted by molar-refractivity contribution is 7.88. The van der Waals surface area contributed by atoms with Gasteiger partial charge in [-0.25, -0.2) is 8.42 Å². The highest BCUT2D eigenvalue weighted by Gasteiger charge is 2.31. The van der Waals surface area contributed by atoms with Gasteiger partial charge in [0.15, 0.2) is 11.5 Å². The van der Waals surface area contributed by atoms with Crippen LogP contribution in [-0.2, 0) is 39.0 Å². The molecule has 0 saturated heterocycles. The molecule has 0 unspecified atom stereocenters. The van der Waals surface area contributed by atoms with Gasteiger partial charge in [0.25, 0.3) is 0 Å². The summed E-state index contributed by atoms with van der Waals surface area (Å²) in [4.78, 5) is 28.9. The van der Waals surface area contributed by atoms with Crippen molar-refractivity contribution in [2.45, 2.75) is 25.4 Å². The number of sulfonamides is 1. The first-order valence-corrected chi connectivity index (χ1v) is 15.3. The molecule has 0 bridgehead atoms. The van der Waals surface area contributed by atoms with Crippen LogP contribution >= 0.6 is 0 Å². The first-order chi connectivity index (χ1) is 20.0. The molecule has 0 aliphatic heterocycles. The van der Waals surface area contributed by atoms with Gasteiger partial charge in [0, 0.05) is 26.6 Å². The molecule has 0 heterocycles. The maximum absolute atomic E-state index is 13.8. The molecule has 0 fully saturated rings. The van der Waals surface area contributed by atoms with Crippen LogP contribution in [0.4, 0.5) is 0 Å². The molecule has 11 heteroatoms. The Balaban J connectivity index is 1.89. The molecule has 42 heavy (non-hydrogen) atoms. The summed E-state index contributed by atoms with van der Waals surface area (Å²) in [6.45, 7) is 0.00758. The minimum absolute atomic E-state index is 0.0982. The Kier molecular flexibility index (Phi) is 11.8. The molecular formula is C31H39N3O7S. The number of nitrogens with zero attached hydrogens (tertiary/aromatic N) is 2. The first kappa shape index (κ1) is 32.4. The normalized spacial score (nSPS) is 12.0. The van der Waals surface area contributed by atoms with E-state index in [4.69, 9.17) is 14.2 Å². The smallest absolute Gasteiger partial charge is 0.243 e. The molecule has 0 radical (unpaired) electrons. The molecule has 226 valence electrons. The van der Waals surface area contributed by atoms with Crippen LogP contribution in [0.3, 0.4) is 0 Å².